The number of fused-ring (bicyclic) bond motifs is 9. The number of alkyl halides is 1. The number of anilines is 1. The normalized spacial score (nSPS) is 19.1. The summed E-state index contributed by atoms with van der Waals surface area (Å²) in [5.74, 6) is 3.01. The SMILES string of the molecule is CC1(C)Sc2ccccc2C1=O.CC1Sc2ccc(Cl)cc2C1=O.CC1Sc2ccccc2C1=O.CN(C)c1ccc2c(c1)SCC2=O.CSc1ccc2c(c1)SCC2=O.Cc1ccc2c(c1)C(=O)C(Br)S2.Cc1ccc2c(c1)C(=O)C(C)S2.Cc1ccc2c(c1)C(=O)C(C)S2.O=C(c1ccccc1)C1Sc2ccccc2C1=O. The molecule has 23 heteroatoms. The Morgan fingerprint density at radius 3 is 1.27 bits per heavy atom. The molecule has 10 aromatic rings. The summed E-state index contributed by atoms with van der Waals surface area (Å²) in [7, 11) is 4.01. The van der Waals surface area contributed by atoms with E-state index >= 15 is 0 Å². The number of hydrogen-bond acceptors (Lipinski definition) is 21. The van der Waals surface area contributed by atoms with E-state index in [1.165, 1.54) is 16.7 Å². The number of carbonyl (C=O) groups is 10. The Kier molecular flexibility index (Phi) is 30.4. The highest BCUT2D eigenvalue weighted by Gasteiger charge is 2.39. The monoisotopic (exact) mass is 1780 g/mol. The van der Waals surface area contributed by atoms with Crippen LogP contribution in [0.3, 0.4) is 0 Å². The highest BCUT2D eigenvalue weighted by Crippen LogP contribution is 2.46. The van der Waals surface area contributed by atoms with Crippen LogP contribution in [0.4, 0.5) is 5.69 Å². The second-order valence-electron chi connectivity index (χ2n) is 27.8. The van der Waals surface area contributed by atoms with Gasteiger partial charge in [-0.15, -0.1) is 118 Å². The molecule has 9 aliphatic heterocycles. The molecule has 0 fully saturated rings. The Labute approximate surface area is 722 Å². The zero-order valence-electron chi connectivity index (χ0n) is 64.5. The number of benzene rings is 10. The largest absolute Gasteiger partial charge is 0.378 e. The third-order valence-electron chi connectivity index (χ3n) is 18.7. The van der Waals surface area contributed by atoms with E-state index in [1.54, 1.807) is 130 Å². The van der Waals surface area contributed by atoms with Crippen molar-refractivity contribution in [3.8, 4) is 0 Å². The van der Waals surface area contributed by atoms with E-state index in [9.17, 15) is 47.9 Å². The third-order valence-corrected chi connectivity index (χ3v) is 31.0. The van der Waals surface area contributed by atoms with Crippen molar-refractivity contribution in [1.29, 1.82) is 0 Å². The van der Waals surface area contributed by atoms with Gasteiger partial charge in [0, 0.05) is 129 Å². The zero-order chi connectivity index (χ0) is 82.0. The number of nitrogens with zero attached hydrogens (tertiary/aromatic N) is 1. The topological polar surface area (TPSA) is 174 Å². The summed E-state index contributed by atoms with van der Waals surface area (Å²) in [6, 6.07) is 67.6. The Hall–Kier alpha value is -7.03. The third kappa shape index (κ3) is 21.3. The average Bonchev–Trinajstić information content (AvgIpc) is 1.62. The number of carbonyl (C=O) groups excluding carboxylic acids is 10. The van der Waals surface area contributed by atoms with Gasteiger partial charge in [0.2, 0.25) is 0 Å². The minimum absolute atomic E-state index is 0.0541. The quantitative estimate of drug-likeness (QED) is 0.0703. The molecule has 0 saturated heterocycles. The summed E-state index contributed by atoms with van der Waals surface area (Å²) in [6.45, 7) is 17.8. The van der Waals surface area contributed by atoms with E-state index in [0.717, 1.165) is 111 Å². The minimum atomic E-state index is -0.621. The van der Waals surface area contributed by atoms with Crippen LogP contribution in [0.2, 0.25) is 5.02 Å². The summed E-state index contributed by atoms with van der Waals surface area (Å²) in [6.07, 6.45) is 2.04. The molecule has 0 aromatic heterocycles. The number of Topliss-reactive ketones (excluding diaryl/α,β-unsaturated/α-hetero) is 10. The maximum Gasteiger partial charge on any atom is 0.187 e. The maximum atomic E-state index is 12.3. The van der Waals surface area contributed by atoms with Crippen molar-refractivity contribution in [1.82, 2.24) is 0 Å². The van der Waals surface area contributed by atoms with Crippen molar-refractivity contribution in [3.63, 3.8) is 0 Å². The van der Waals surface area contributed by atoms with Gasteiger partial charge in [-0.25, -0.2) is 0 Å². The Balaban J connectivity index is 0.000000127. The molecule has 0 saturated carbocycles. The molecule has 584 valence electrons. The molecule has 9 aliphatic rings. The van der Waals surface area contributed by atoms with Crippen molar-refractivity contribution in [2.75, 3.05) is 36.8 Å². The van der Waals surface area contributed by atoms with Crippen LogP contribution in [0.25, 0.3) is 0 Å². The number of thioether (sulfide) groups is 10. The van der Waals surface area contributed by atoms with Crippen molar-refractivity contribution in [3.05, 3.63) is 290 Å². The Morgan fingerprint density at radius 1 is 0.404 bits per heavy atom. The number of ketones is 10. The fourth-order valence-electron chi connectivity index (χ4n) is 12.5. The van der Waals surface area contributed by atoms with Crippen LogP contribution in [-0.4, -0.2) is 125 Å². The number of rotatable bonds is 4. The zero-order valence-corrected chi connectivity index (χ0v) is 75.0. The van der Waals surface area contributed by atoms with Crippen LogP contribution in [0.1, 0.15) is 162 Å². The molecule has 10 aromatic carbocycles. The summed E-state index contributed by atoms with van der Waals surface area (Å²) >= 11 is 25.2. The van der Waals surface area contributed by atoms with Gasteiger partial charge >= 0.3 is 0 Å². The number of aryl methyl sites for hydroxylation is 3. The van der Waals surface area contributed by atoms with Gasteiger partial charge in [0.25, 0.3) is 0 Å². The molecular formula is C91H81BrClNO10S10. The molecule has 6 atom stereocenters. The summed E-state index contributed by atoms with van der Waals surface area (Å²) in [4.78, 5) is 129. The molecule has 0 amide bonds. The first kappa shape index (κ1) is 87.8. The molecule has 0 spiro atoms. The van der Waals surface area contributed by atoms with E-state index < -0.39 is 5.25 Å². The molecule has 6 unspecified atom stereocenters. The van der Waals surface area contributed by atoms with Gasteiger partial charge in [0.1, 0.15) is 9.41 Å². The van der Waals surface area contributed by atoms with Gasteiger partial charge in [-0.2, -0.15) is 0 Å². The minimum Gasteiger partial charge on any atom is -0.378 e. The molecule has 0 N–H and O–H groups in total. The molecular weight excluding hydrogens is 1700 g/mol. The van der Waals surface area contributed by atoms with E-state index in [-0.39, 0.29) is 87.7 Å². The van der Waals surface area contributed by atoms with Gasteiger partial charge in [0.05, 0.1) is 37.3 Å². The number of halogens is 2. The fourth-order valence-corrected chi connectivity index (χ4v) is 23.5. The van der Waals surface area contributed by atoms with Crippen LogP contribution < -0.4 is 4.90 Å². The predicted octanol–water partition coefficient (Wildman–Crippen LogP) is 24.4. The molecule has 0 radical (unpaired) electrons. The predicted molar refractivity (Wildman–Crippen MR) is 484 cm³/mol. The lowest BCUT2D eigenvalue weighted by molar-refractivity contribution is 0.0899. The van der Waals surface area contributed by atoms with E-state index in [2.05, 4.69) is 40.2 Å². The maximum absolute atomic E-state index is 12.3. The lowest BCUT2D eigenvalue weighted by atomic mass is 10.0. The van der Waals surface area contributed by atoms with Gasteiger partial charge in [0.15, 0.2) is 57.8 Å². The molecule has 0 bridgehead atoms. The fraction of sp³-hybridized carbons (Fsp3) is 0.231. The van der Waals surface area contributed by atoms with E-state index in [4.69, 9.17) is 11.6 Å². The van der Waals surface area contributed by atoms with Gasteiger partial charge < -0.3 is 4.90 Å². The highest BCUT2D eigenvalue weighted by atomic mass is 79.9. The smallest absolute Gasteiger partial charge is 0.187 e. The summed E-state index contributed by atoms with van der Waals surface area (Å²) in [5, 5.41) is 0.413. The van der Waals surface area contributed by atoms with Crippen molar-refractivity contribution >= 4 is 209 Å². The first-order valence-electron chi connectivity index (χ1n) is 36.3. The first-order chi connectivity index (χ1) is 54.4. The van der Waals surface area contributed by atoms with Crippen LogP contribution in [0.15, 0.2) is 261 Å². The Bertz CT molecular complexity index is 5160. The van der Waals surface area contributed by atoms with Crippen LogP contribution >= 0.6 is 145 Å². The molecule has 11 nitrogen and oxygen atoms in total. The molecule has 0 aliphatic carbocycles. The van der Waals surface area contributed by atoms with Gasteiger partial charge in [-0.3, -0.25) is 47.9 Å². The van der Waals surface area contributed by atoms with Crippen LogP contribution in [-0.2, 0) is 0 Å². The molecule has 19 rings (SSSR count). The van der Waals surface area contributed by atoms with Crippen molar-refractivity contribution in [2.24, 2.45) is 0 Å². The summed E-state index contributed by atoms with van der Waals surface area (Å²) in [5.41, 5.74) is 12.9. The average molecular weight is 1780 g/mol. The molecule has 9 heterocycles. The van der Waals surface area contributed by atoms with E-state index in [1.807, 2.05) is 251 Å². The van der Waals surface area contributed by atoms with Gasteiger partial charge in [-0.05, 0) is 178 Å². The highest BCUT2D eigenvalue weighted by molar-refractivity contribution is 9.11. The second kappa shape index (κ2) is 39.5. The van der Waals surface area contributed by atoms with E-state index in [0.29, 0.717) is 27.7 Å². The standard InChI is InChI=1S/C15H10O2S.C10H11NOS.3C10H10OS.C9H7BrOS.C9H7ClOS.C9H8OS2.C9H8OS/c16-13(10-6-2-1-3-7-10)15-14(17)11-8-4-5-9-12(11)18-15;1-11(2)7-3-4-8-9(12)6-13-10(8)5-7;2*1-6-3-4-9-8(5-6)10(11)7(2)12-9;1-10(2)9(11)7-5-3-4-6-8(7)12-10;1-5-2-3-7-6(4-5)8(11)9(10)12-7;1-5-9(11)7-4-6(10)2-3-8(7)12-5;1-11-6-2-3-7-8(10)5-12-9(7)4-6;1-6-9(10)7-4-2-3-5-8(7)11-6/h1-9,15H;3-5H,6H2,1-2H3;2*3-5,7H,1-2H3;3-6H,1-2H3;2-4,9H,1H3;2-5H,1H3;2-4H,5H2,1H3;2-6H,1H3. The van der Waals surface area contributed by atoms with Crippen LogP contribution in [0, 0.1) is 20.8 Å². The lowest BCUT2D eigenvalue weighted by Gasteiger charge is -2.12. The van der Waals surface area contributed by atoms with Crippen molar-refractivity contribution < 1.29 is 47.9 Å². The first-order valence-corrected chi connectivity index (χ1v) is 46.9. The lowest BCUT2D eigenvalue weighted by Crippen LogP contribution is -2.23. The number of hydrogen-bond donors (Lipinski definition) is 0. The molecule has 114 heavy (non-hydrogen) atoms. The summed E-state index contributed by atoms with van der Waals surface area (Å²) < 4.78 is -0.335. The van der Waals surface area contributed by atoms with Gasteiger partial charge in [-0.1, -0.05) is 147 Å². The Morgan fingerprint density at radius 2 is 0.798 bits per heavy atom. The second-order valence-corrected chi connectivity index (χ2v) is 42.2. The van der Waals surface area contributed by atoms with Crippen LogP contribution in [0.5, 0.6) is 0 Å². The van der Waals surface area contributed by atoms with Crippen molar-refractivity contribution in [2.45, 2.75) is 146 Å².